The zero-order chi connectivity index (χ0) is 17.6. The predicted molar refractivity (Wildman–Crippen MR) is 95.9 cm³/mol. The monoisotopic (exact) mass is 341 g/mol. The number of carbonyl (C=O) groups is 1. The maximum absolute atomic E-state index is 12.3. The zero-order valence-electron chi connectivity index (χ0n) is 14.3. The standard InChI is InChI=1S/C20H23NO4/c1-2-3-13-24-17-11-9-15(10-12-17)19-18(14-22)25-20(23)21(19)16-7-5-4-6-8-16/h4-12,18-19,22H,2-3,13-14H2,1H3/t18-,19?/m1/s1. The van der Waals surface area contributed by atoms with Gasteiger partial charge in [0.25, 0.3) is 0 Å². The van der Waals surface area contributed by atoms with Crippen molar-refractivity contribution in [2.75, 3.05) is 18.1 Å². The van der Waals surface area contributed by atoms with Gasteiger partial charge in [0.2, 0.25) is 0 Å². The van der Waals surface area contributed by atoms with Gasteiger partial charge >= 0.3 is 6.09 Å². The highest BCUT2D eigenvalue weighted by molar-refractivity contribution is 5.91. The Hall–Kier alpha value is -2.53. The number of aliphatic hydroxyl groups excluding tert-OH is 1. The van der Waals surface area contributed by atoms with Crippen molar-refractivity contribution >= 4 is 11.8 Å². The highest BCUT2D eigenvalue weighted by Gasteiger charge is 2.43. The molecule has 1 saturated heterocycles. The lowest BCUT2D eigenvalue weighted by Crippen LogP contribution is -2.30. The third-order valence-corrected chi connectivity index (χ3v) is 4.28. The molecule has 1 aliphatic rings. The maximum atomic E-state index is 12.3. The normalized spacial score (nSPS) is 19.8. The number of unbranched alkanes of at least 4 members (excludes halogenated alkanes) is 1. The van der Waals surface area contributed by atoms with Crippen molar-refractivity contribution in [3.05, 3.63) is 60.2 Å². The first-order chi connectivity index (χ1) is 12.2. The molecule has 0 spiro atoms. The van der Waals surface area contributed by atoms with Crippen LogP contribution in [0, 0.1) is 0 Å². The number of hydrogen-bond acceptors (Lipinski definition) is 4. The first-order valence-corrected chi connectivity index (χ1v) is 8.63. The summed E-state index contributed by atoms with van der Waals surface area (Å²) in [6.45, 7) is 2.58. The molecule has 5 nitrogen and oxygen atoms in total. The van der Waals surface area contributed by atoms with E-state index in [-0.39, 0.29) is 12.6 Å². The Morgan fingerprint density at radius 1 is 1.12 bits per heavy atom. The Balaban J connectivity index is 1.85. The van der Waals surface area contributed by atoms with Crippen LogP contribution in [0.15, 0.2) is 54.6 Å². The lowest BCUT2D eigenvalue weighted by atomic mass is 10.0. The van der Waals surface area contributed by atoms with Gasteiger partial charge < -0.3 is 14.6 Å². The number of hydrogen-bond donors (Lipinski definition) is 1. The van der Waals surface area contributed by atoms with Crippen LogP contribution in [0.3, 0.4) is 0 Å². The molecule has 5 heteroatoms. The molecule has 0 aliphatic carbocycles. The minimum absolute atomic E-state index is 0.228. The number of amides is 1. The Labute approximate surface area is 147 Å². The molecule has 0 radical (unpaired) electrons. The summed E-state index contributed by atoms with van der Waals surface area (Å²) in [7, 11) is 0. The van der Waals surface area contributed by atoms with Crippen molar-refractivity contribution in [2.24, 2.45) is 0 Å². The van der Waals surface area contributed by atoms with Gasteiger partial charge in [0, 0.05) is 5.69 Å². The van der Waals surface area contributed by atoms with E-state index in [4.69, 9.17) is 9.47 Å². The maximum Gasteiger partial charge on any atom is 0.415 e. The van der Waals surface area contributed by atoms with Crippen molar-refractivity contribution in [1.82, 2.24) is 0 Å². The average Bonchev–Trinajstić information content (AvgIpc) is 2.99. The molecular formula is C20H23NO4. The second-order valence-electron chi connectivity index (χ2n) is 6.03. The van der Waals surface area contributed by atoms with Gasteiger partial charge in [-0.3, -0.25) is 4.90 Å². The minimum Gasteiger partial charge on any atom is -0.494 e. The van der Waals surface area contributed by atoms with Crippen molar-refractivity contribution in [2.45, 2.75) is 31.9 Å². The SMILES string of the molecule is CCCCOc1ccc(C2[C@@H](CO)OC(=O)N2c2ccccc2)cc1. The summed E-state index contributed by atoms with van der Waals surface area (Å²) in [6.07, 6.45) is 1.06. The highest BCUT2D eigenvalue weighted by Crippen LogP contribution is 2.37. The van der Waals surface area contributed by atoms with Crippen molar-refractivity contribution < 1.29 is 19.4 Å². The molecule has 0 bridgehead atoms. The van der Waals surface area contributed by atoms with Crippen LogP contribution in [0.2, 0.25) is 0 Å². The number of nitrogens with zero attached hydrogens (tertiary/aromatic N) is 1. The Bertz CT molecular complexity index is 687. The van der Waals surface area contributed by atoms with Gasteiger partial charge in [-0.05, 0) is 36.2 Å². The molecule has 0 saturated carbocycles. The second kappa shape index (κ2) is 8.03. The molecule has 1 aliphatic heterocycles. The van der Waals surface area contributed by atoms with Crippen molar-refractivity contribution in [3.63, 3.8) is 0 Å². The number of para-hydroxylation sites is 1. The summed E-state index contributed by atoms with van der Waals surface area (Å²) in [6, 6.07) is 16.6. The van der Waals surface area contributed by atoms with Crippen LogP contribution in [-0.2, 0) is 4.74 Å². The fraction of sp³-hybridized carbons (Fsp3) is 0.350. The van der Waals surface area contributed by atoms with Gasteiger partial charge in [-0.15, -0.1) is 0 Å². The van der Waals surface area contributed by atoms with Crippen molar-refractivity contribution in [3.8, 4) is 5.75 Å². The number of cyclic esters (lactones) is 1. The molecule has 25 heavy (non-hydrogen) atoms. The molecule has 1 unspecified atom stereocenters. The van der Waals surface area contributed by atoms with Gasteiger partial charge in [-0.1, -0.05) is 43.7 Å². The fourth-order valence-corrected chi connectivity index (χ4v) is 2.98. The lowest BCUT2D eigenvalue weighted by molar-refractivity contribution is 0.0829. The molecule has 1 amide bonds. The van der Waals surface area contributed by atoms with E-state index < -0.39 is 12.2 Å². The lowest BCUT2D eigenvalue weighted by Gasteiger charge is -2.24. The van der Waals surface area contributed by atoms with Gasteiger partial charge in [-0.2, -0.15) is 0 Å². The van der Waals surface area contributed by atoms with E-state index in [2.05, 4.69) is 6.92 Å². The molecule has 3 rings (SSSR count). The van der Waals surface area contributed by atoms with Crippen molar-refractivity contribution in [1.29, 1.82) is 0 Å². The van der Waals surface area contributed by atoms with Crippen LogP contribution in [0.5, 0.6) is 5.75 Å². The number of aliphatic hydroxyl groups is 1. The average molecular weight is 341 g/mol. The highest BCUT2D eigenvalue weighted by atomic mass is 16.6. The number of rotatable bonds is 7. The Morgan fingerprint density at radius 2 is 1.84 bits per heavy atom. The summed E-state index contributed by atoms with van der Waals surface area (Å²) in [5, 5.41) is 9.65. The van der Waals surface area contributed by atoms with Crippen LogP contribution < -0.4 is 9.64 Å². The van der Waals surface area contributed by atoms with Gasteiger partial charge in [0.1, 0.15) is 11.8 Å². The summed E-state index contributed by atoms with van der Waals surface area (Å²) in [5.74, 6) is 0.800. The number of anilines is 1. The smallest absolute Gasteiger partial charge is 0.415 e. The fourth-order valence-electron chi connectivity index (χ4n) is 2.98. The summed E-state index contributed by atoms with van der Waals surface area (Å²) in [4.78, 5) is 13.9. The number of benzene rings is 2. The molecule has 2 aromatic carbocycles. The van der Waals surface area contributed by atoms with E-state index in [1.165, 1.54) is 0 Å². The first kappa shape index (κ1) is 17.3. The molecule has 1 N–H and O–H groups in total. The van der Waals surface area contributed by atoms with E-state index in [9.17, 15) is 9.90 Å². The number of ether oxygens (including phenoxy) is 2. The summed E-state index contributed by atoms with van der Waals surface area (Å²) >= 11 is 0. The van der Waals surface area contributed by atoms with Crippen LogP contribution in [-0.4, -0.2) is 30.5 Å². The van der Waals surface area contributed by atoms with Gasteiger partial charge in [0.15, 0.2) is 6.10 Å². The first-order valence-electron chi connectivity index (χ1n) is 8.63. The summed E-state index contributed by atoms with van der Waals surface area (Å²) in [5.41, 5.74) is 1.65. The molecule has 1 heterocycles. The van der Waals surface area contributed by atoms with Crippen LogP contribution in [0.1, 0.15) is 31.4 Å². The summed E-state index contributed by atoms with van der Waals surface area (Å²) < 4.78 is 11.0. The van der Waals surface area contributed by atoms with E-state index >= 15 is 0 Å². The third kappa shape index (κ3) is 3.77. The molecular weight excluding hydrogens is 318 g/mol. The third-order valence-electron chi connectivity index (χ3n) is 4.28. The van der Waals surface area contributed by atoms with Gasteiger partial charge in [-0.25, -0.2) is 4.79 Å². The van der Waals surface area contributed by atoms with E-state index in [0.29, 0.717) is 6.61 Å². The van der Waals surface area contributed by atoms with Gasteiger partial charge in [0.05, 0.1) is 13.2 Å². The molecule has 1 fully saturated rings. The van der Waals surface area contributed by atoms with E-state index in [0.717, 1.165) is 29.8 Å². The topological polar surface area (TPSA) is 59.0 Å². The molecule has 132 valence electrons. The Kier molecular flexibility index (Phi) is 5.56. The number of carbonyl (C=O) groups excluding carboxylic acids is 1. The zero-order valence-corrected chi connectivity index (χ0v) is 14.3. The predicted octanol–water partition coefficient (Wildman–Crippen LogP) is 3.92. The molecule has 2 aromatic rings. The molecule has 2 atom stereocenters. The second-order valence-corrected chi connectivity index (χ2v) is 6.03. The van der Waals surface area contributed by atoms with E-state index in [1.54, 1.807) is 4.90 Å². The van der Waals surface area contributed by atoms with E-state index in [1.807, 2.05) is 54.6 Å². The minimum atomic E-state index is -0.598. The van der Waals surface area contributed by atoms with Crippen LogP contribution in [0.25, 0.3) is 0 Å². The largest absolute Gasteiger partial charge is 0.494 e. The van der Waals surface area contributed by atoms with Crippen LogP contribution in [0.4, 0.5) is 10.5 Å². The quantitative estimate of drug-likeness (QED) is 0.775. The Morgan fingerprint density at radius 3 is 2.48 bits per heavy atom. The molecule has 0 aromatic heterocycles. The van der Waals surface area contributed by atoms with Crippen LogP contribution >= 0.6 is 0 Å².